The van der Waals surface area contributed by atoms with Crippen molar-refractivity contribution in [3.63, 3.8) is 0 Å². The second-order valence-corrected chi connectivity index (χ2v) is 5.93. The SMILES string of the molecule is CCNC(Cc1ccccn1)C(OCC)C(C)(C)C. The van der Waals surface area contributed by atoms with E-state index in [9.17, 15) is 0 Å². The standard InChI is InChI=1S/C16H28N2O/c1-6-17-14(12-13-10-8-9-11-18-13)15(19-7-2)16(3,4)5/h8-11,14-15,17H,6-7,12H2,1-5H3. The number of ether oxygens (including phenoxy) is 1. The van der Waals surface area contributed by atoms with Crippen LogP contribution in [0, 0.1) is 5.41 Å². The van der Waals surface area contributed by atoms with Gasteiger partial charge in [-0.05, 0) is 31.0 Å². The van der Waals surface area contributed by atoms with Crippen molar-refractivity contribution >= 4 is 0 Å². The Morgan fingerprint density at radius 1 is 1.26 bits per heavy atom. The molecule has 0 aliphatic carbocycles. The zero-order chi connectivity index (χ0) is 14.3. The van der Waals surface area contributed by atoms with Gasteiger partial charge in [0, 0.05) is 31.0 Å². The average molecular weight is 264 g/mol. The highest BCUT2D eigenvalue weighted by Crippen LogP contribution is 2.26. The van der Waals surface area contributed by atoms with Crippen LogP contribution in [0.1, 0.15) is 40.3 Å². The van der Waals surface area contributed by atoms with Gasteiger partial charge in [0.2, 0.25) is 0 Å². The van der Waals surface area contributed by atoms with Crippen molar-refractivity contribution in [2.24, 2.45) is 5.41 Å². The van der Waals surface area contributed by atoms with Gasteiger partial charge in [-0.2, -0.15) is 0 Å². The summed E-state index contributed by atoms with van der Waals surface area (Å²) in [4.78, 5) is 4.43. The maximum atomic E-state index is 6.00. The summed E-state index contributed by atoms with van der Waals surface area (Å²) >= 11 is 0. The van der Waals surface area contributed by atoms with E-state index in [-0.39, 0.29) is 11.5 Å². The molecule has 1 rings (SSSR count). The normalized spacial score (nSPS) is 15.2. The molecule has 0 saturated heterocycles. The summed E-state index contributed by atoms with van der Waals surface area (Å²) in [7, 11) is 0. The van der Waals surface area contributed by atoms with Gasteiger partial charge in [-0.15, -0.1) is 0 Å². The van der Waals surface area contributed by atoms with Crippen molar-refractivity contribution in [1.82, 2.24) is 10.3 Å². The lowest BCUT2D eigenvalue weighted by Crippen LogP contribution is -2.49. The summed E-state index contributed by atoms with van der Waals surface area (Å²) in [5.41, 5.74) is 1.22. The van der Waals surface area contributed by atoms with Crippen LogP contribution in [0.4, 0.5) is 0 Å². The molecule has 0 aromatic carbocycles. The average Bonchev–Trinajstić information content (AvgIpc) is 2.35. The largest absolute Gasteiger partial charge is 0.376 e. The molecular weight excluding hydrogens is 236 g/mol. The molecule has 1 aromatic heterocycles. The molecule has 1 aromatic rings. The highest BCUT2D eigenvalue weighted by Gasteiger charge is 2.32. The molecule has 0 fully saturated rings. The molecule has 19 heavy (non-hydrogen) atoms. The Morgan fingerprint density at radius 3 is 2.47 bits per heavy atom. The van der Waals surface area contributed by atoms with Gasteiger partial charge in [0.25, 0.3) is 0 Å². The Bertz CT molecular complexity index is 346. The molecule has 0 radical (unpaired) electrons. The predicted molar refractivity (Wildman–Crippen MR) is 80.3 cm³/mol. The van der Waals surface area contributed by atoms with E-state index < -0.39 is 0 Å². The zero-order valence-electron chi connectivity index (χ0n) is 12.9. The number of nitrogens with one attached hydrogen (secondary N) is 1. The first-order valence-corrected chi connectivity index (χ1v) is 7.24. The van der Waals surface area contributed by atoms with Crippen LogP contribution in [-0.2, 0) is 11.2 Å². The second-order valence-electron chi connectivity index (χ2n) is 5.93. The lowest BCUT2D eigenvalue weighted by Gasteiger charge is -2.37. The molecule has 2 unspecified atom stereocenters. The molecule has 108 valence electrons. The van der Waals surface area contributed by atoms with Gasteiger partial charge in [-0.3, -0.25) is 4.98 Å². The van der Waals surface area contributed by atoms with Crippen LogP contribution >= 0.6 is 0 Å². The van der Waals surface area contributed by atoms with Crippen molar-refractivity contribution in [2.45, 2.75) is 53.2 Å². The van der Waals surface area contributed by atoms with Crippen molar-refractivity contribution < 1.29 is 4.74 Å². The third-order valence-electron chi connectivity index (χ3n) is 3.19. The molecule has 0 bridgehead atoms. The van der Waals surface area contributed by atoms with E-state index in [0.717, 1.165) is 25.3 Å². The summed E-state index contributed by atoms with van der Waals surface area (Å²) in [6.07, 6.45) is 2.93. The van der Waals surface area contributed by atoms with Crippen LogP contribution in [0.15, 0.2) is 24.4 Å². The first-order chi connectivity index (χ1) is 8.99. The van der Waals surface area contributed by atoms with Crippen molar-refractivity contribution in [1.29, 1.82) is 0 Å². The van der Waals surface area contributed by atoms with Gasteiger partial charge < -0.3 is 10.1 Å². The fraction of sp³-hybridized carbons (Fsp3) is 0.688. The monoisotopic (exact) mass is 264 g/mol. The minimum Gasteiger partial charge on any atom is -0.376 e. The fourth-order valence-corrected chi connectivity index (χ4v) is 2.44. The lowest BCUT2D eigenvalue weighted by molar-refractivity contribution is -0.0354. The Labute approximate surface area is 117 Å². The van der Waals surface area contributed by atoms with Gasteiger partial charge >= 0.3 is 0 Å². The van der Waals surface area contributed by atoms with Gasteiger partial charge in [-0.25, -0.2) is 0 Å². The highest BCUT2D eigenvalue weighted by atomic mass is 16.5. The molecule has 3 heteroatoms. The molecule has 0 aliphatic heterocycles. The summed E-state index contributed by atoms with van der Waals surface area (Å²) < 4.78 is 6.00. The number of pyridine rings is 1. The summed E-state index contributed by atoms with van der Waals surface area (Å²) in [5, 5.41) is 3.56. The zero-order valence-corrected chi connectivity index (χ0v) is 12.9. The van der Waals surface area contributed by atoms with E-state index in [1.807, 2.05) is 18.3 Å². The number of hydrogen-bond acceptors (Lipinski definition) is 3. The van der Waals surface area contributed by atoms with Crippen LogP contribution in [0.3, 0.4) is 0 Å². The minimum absolute atomic E-state index is 0.109. The molecule has 0 spiro atoms. The molecular formula is C16H28N2O. The van der Waals surface area contributed by atoms with E-state index in [0.29, 0.717) is 6.04 Å². The van der Waals surface area contributed by atoms with E-state index in [4.69, 9.17) is 4.74 Å². The van der Waals surface area contributed by atoms with E-state index >= 15 is 0 Å². The predicted octanol–water partition coefficient (Wildman–Crippen LogP) is 3.05. The van der Waals surface area contributed by atoms with Gasteiger partial charge in [-0.1, -0.05) is 33.8 Å². The third-order valence-corrected chi connectivity index (χ3v) is 3.19. The molecule has 0 saturated carbocycles. The van der Waals surface area contributed by atoms with Crippen molar-refractivity contribution in [2.75, 3.05) is 13.2 Å². The van der Waals surface area contributed by atoms with E-state index in [2.05, 4.69) is 51.0 Å². The third kappa shape index (κ3) is 5.29. The topological polar surface area (TPSA) is 34.2 Å². The summed E-state index contributed by atoms with van der Waals surface area (Å²) in [6.45, 7) is 12.6. The number of hydrogen-bond donors (Lipinski definition) is 1. The maximum Gasteiger partial charge on any atom is 0.0779 e. The smallest absolute Gasteiger partial charge is 0.0779 e. The number of aromatic nitrogens is 1. The first-order valence-electron chi connectivity index (χ1n) is 7.24. The van der Waals surface area contributed by atoms with Crippen LogP contribution in [0.5, 0.6) is 0 Å². The van der Waals surface area contributed by atoms with Crippen molar-refractivity contribution in [3.05, 3.63) is 30.1 Å². The van der Waals surface area contributed by atoms with Crippen LogP contribution in [0.25, 0.3) is 0 Å². The number of nitrogens with zero attached hydrogens (tertiary/aromatic N) is 1. The summed E-state index contributed by atoms with van der Waals surface area (Å²) in [6, 6.07) is 6.36. The molecule has 3 nitrogen and oxygen atoms in total. The molecule has 1 N–H and O–H groups in total. The molecule has 2 atom stereocenters. The van der Waals surface area contributed by atoms with Gasteiger partial charge in [0.1, 0.15) is 0 Å². The van der Waals surface area contributed by atoms with Gasteiger partial charge in [0.15, 0.2) is 0 Å². The Morgan fingerprint density at radius 2 is 2.00 bits per heavy atom. The van der Waals surface area contributed by atoms with Crippen LogP contribution in [0.2, 0.25) is 0 Å². The Kier molecular flexibility index (Phi) is 6.46. The highest BCUT2D eigenvalue weighted by molar-refractivity contribution is 5.07. The molecule has 0 amide bonds. The second kappa shape index (κ2) is 7.61. The van der Waals surface area contributed by atoms with Crippen LogP contribution in [-0.4, -0.2) is 30.3 Å². The Hall–Kier alpha value is -0.930. The summed E-state index contributed by atoms with van der Waals surface area (Å²) in [5.74, 6) is 0. The fourth-order valence-electron chi connectivity index (χ4n) is 2.44. The van der Waals surface area contributed by atoms with E-state index in [1.165, 1.54) is 0 Å². The molecule has 0 aliphatic rings. The number of likely N-dealkylation sites (N-methyl/N-ethyl adjacent to an activating group) is 1. The van der Waals surface area contributed by atoms with Crippen LogP contribution < -0.4 is 5.32 Å². The van der Waals surface area contributed by atoms with E-state index in [1.54, 1.807) is 0 Å². The van der Waals surface area contributed by atoms with Gasteiger partial charge in [0.05, 0.1) is 6.10 Å². The van der Waals surface area contributed by atoms with Crippen molar-refractivity contribution in [3.8, 4) is 0 Å². The first kappa shape index (κ1) is 16.1. The number of rotatable bonds is 7. The Balaban J connectivity index is 2.84. The molecule has 1 heterocycles. The maximum absolute atomic E-state index is 6.00. The lowest BCUT2D eigenvalue weighted by atomic mass is 9.82. The quantitative estimate of drug-likeness (QED) is 0.822. The minimum atomic E-state index is 0.109.